The highest BCUT2D eigenvalue weighted by atomic mass is 16.4. The molecule has 2 aromatic heterocycles. The molecule has 4 aromatic rings. The first kappa shape index (κ1) is 13.5. The van der Waals surface area contributed by atoms with E-state index in [0.717, 1.165) is 10.8 Å². The number of fused-ring (bicyclic) bond motifs is 2. The van der Waals surface area contributed by atoms with Crippen LogP contribution in [0.5, 0.6) is 0 Å². The molecule has 0 radical (unpaired) electrons. The maximum absolute atomic E-state index is 12.1. The first-order chi connectivity index (χ1) is 11.2. The lowest BCUT2D eigenvalue weighted by atomic mass is 10.1. The Bertz CT molecular complexity index is 1040. The van der Waals surface area contributed by atoms with Crippen molar-refractivity contribution in [2.24, 2.45) is 0 Å². The van der Waals surface area contributed by atoms with Crippen molar-refractivity contribution < 1.29 is 8.83 Å². The van der Waals surface area contributed by atoms with Gasteiger partial charge in [0, 0.05) is 28.3 Å². The fraction of sp³-hybridized carbons (Fsp3) is 0.0526. The minimum Gasteiger partial charge on any atom is -0.423 e. The molecule has 0 spiro atoms. The normalized spacial score (nSPS) is 11.1. The van der Waals surface area contributed by atoms with Crippen LogP contribution in [0.3, 0.4) is 0 Å². The van der Waals surface area contributed by atoms with Crippen molar-refractivity contribution in [3.63, 3.8) is 0 Å². The van der Waals surface area contributed by atoms with Gasteiger partial charge in [-0.2, -0.15) is 0 Å². The molecule has 0 N–H and O–H groups in total. The van der Waals surface area contributed by atoms with Crippen LogP contribution >= 0.6 is 0 Å². The predicted octanol–water partition coefficient (Wildman–Crippen LogP) is 3.49. The second-order valence-corrected chi connectivity index (χ2v) is 5.37. The molecular formula is C19H12O4. The molecule has 0 atom stereocenters. The van der Waals surface area contributed by atoms with Crippen molar-refractivity contribution >= 4 is 21.9 Å². The number of hydrogen-bond acceptors (Lipinski definition) is 4. The SMILES string of the molecule is O=c1oc2ccccc2cc1Cc1cc2ccccc2oc1=O. The summed E-state index contributed by atoms with van der Waals surface area (Å²) in [5, 5.41) is 1.65. The smallest absolute Gasteiger partial charge is 0.339 e. The summed E-state index contributed by atoms with van der Waals surface area (Å²) in [5.41, 5.74) is 1.07. The van der Waals surface area contributed by atoms with Crippen LogP contribution in [0.15, 0.2) is 79.1 Å². The molecule has 0 saturated heterocycles. The molecule has 2 heterocycles. The molecule has 0 unspecified atom stereocenters. The summed E-state index contributed by atoms with van der Waals surface area (Å²) in [4.78, 5) is 24.2. The van der Waals surface area contributed by atoms with Crippen LogP contribution in [0.25, 0.3) is 21.9 Å². The van der Waals surface area contributed by atoms with Gasteiger partial charge in [-0.3, -0.25) is 0 Å². The fourth-order valence-electron chi connectivity index (χ4n) is 2.66. The summed E-state index contributed by atoms with van der Waals surface area (Å²) in [7, 11) is 0. The highest BCUT2D eigenvalue weighted by Crippen LogP contribution is 2.17. The van der Waals surface area contributed by atoms with E-state index in [9.17, 15) is 9.59 Å². The van der Waals surface area contributed by atoms with Gasteiger partial charge in [-0.15, -0.1) is 0 Å². The van der Waals surface area contributed by atoms with Crippen molar-refractivity contribution in [3.05, 3.63) is 92.6 Å². The second kappa shape index (κ2) is 5.25. The van der Waals surface area contributed by atoms with E-state index in [2.05, 4.69) is 0 Å². The monoisotopic (exact) mass is 304 g/mol. The third-order valence-electron chi connectivity index (χ3n) is 3.81. The van der Waals surface area contributed by atoms with Gasteiger partial charge in [0.25, 0.3) is 0 Å². The topological polar surface area (TPSA) is 60.4 Å². The van der Waals surface area contributed by atoms with E-state index in [1.54, 1.807) is 24.3 Å². The van der Waals surface area contributed by atoms with Crippen LogP contribution in [0, 0.1) is 0 Å². The van der Waals surface area contributed by atoms with E-state index in [1.807, 2.05) is 36.4 Å². The minimum atomic E-state index is -0.434. The lowest BCUT2D eigenvalue weighted by molar-refractivity contribution is 0.543. The van der Waals surface area contributed by atoms with Gasteiger partial charge in [0.05, 0.1) is 0 Å². The molecule has 0 aliphatic rings. The van der Waals surface area contributed by atoms with Gasteiger partial charge >= 0.3 is 11.3 Å². The molecule has 23 heavy (non-hydrogen) atoms. The molecule has 0 amide bonds. The van der Waals surface area contributed by atoms with Crippen LogP contribution in [0.2, 0.25) is 0 Å². The van der Waals surface area contributed by atoms with Crippen LogP contribution in [-0.2, 0) is 6.42 Å². The summed E-state index contributed by atoms with van der Waals surface area (Å²) < 4.78 is 10.6. The Kier molecular flexibility index (Phi) is 3.08. The van der Waals surface area contributed by atoms with Crippen molar-refractivity contribution in [3.8, 4) is 0 Å². The average Bonchev–Trinajstić information content (AvgIpc) is 2.56. The maximum atomic E-state index is 12.1. The van der Waals surface area contributed by atoms with Crippen molar-refractivity contribution in [1.29, 1.82) is 0 Å². The molecule has 0 fully saturated rings. The van der Waals surface area contributed by atoms with Gasteiger partial charge in [-0.05, 0) is 24.3 Å². The Hall–Kier alpha value is -3.14. The first-order valence-electron chi connectivity index (χ1n) is 7.24. The minimum absolute atomic E-state index is 0.181. The second-order valence-electron chi connectivity index (χ2n) is 5.37. The van der Waals surface area contributed by atoms with E-state index >= 15 is 0 Å². The molecule has 0 bridgehead atoms. The van der Waals surface area contributed by atoms with Crippen LogP contribution < -0.4 is 11.3 Å². The van der Waals surface area contributed by atoms with Crippen LogP contribution in [-0.4, -0.2) is 0 Å². The van der Waals surface area contributed by atoms with Crippen molar-refractivity contribution in [2.75, 3.05) is 0 Å². The molecule has 0 aliphatic carbocycles. The van der Waals surface area contributed by atoms with Gasteiger partial charge in [0.15, 0.2) is 0 Å². The Morgan fingerprint density at radius 1 is 0.652 bits per heavy atom. The predicted molar refractivity (Wildman–Crippen MR) is 87.8 cm³/mol. The number of para-hydroxylation sites is 2. The third-order valence-corrected chi connectivity index (χ3v) is 3.81. The lowest BCUT2D eigenvalue weighted by Crippen LogP contribution is -2.13. The van der Waals surface area contributed by atoms with Crippen molar-refractivity contribution in [2.45, 2.75) is 6.42 Å². The molecule has 0 aliphatic heterocycles. The van der Waals surface area contributed by atoms with Gasteiger partial charge in [-0.1, -0.05) is 36.4 Å². The summed E-state index contributed by atoms with van der Waals surface area (Å²) in [6.07, 6.45) is 0.181. The average molecular weight is 304 g/mol. The lowest BCUT2D eigenvalue weighted by Gasteiger charge is -2.03. The standard InChI is InChI=1S/C19H12O4/c20-18-14(9-12-5-1-3-7-16(12)22-18)11-15-10-13-6-2-4-8-17(13)23-19(15)21/h1-10H,11H2. The highest BCUT2D eigenvalue weighted by molar-refractivity contribution is 5.78. The van der Waals surface area contributed by atoms with E-state index in [0.29, 0.717) is 22.3 Å². The summed E-state index contributed by atoms with van der Waals surface area (Å²) in [6.45, 7) is 0. The maximum Gasteiger partial charge on any atom is 0.339 e. The Morgan fingerprint density at radius 3 is 1.57 bits per heavy atom. The third kappa shape index (κ3) is 2.44. The zero-order valence-corrected chi connectivity index (χ0v) is 12.1. The zero-order valence-electron chi connectivity index (χ0n) is 12.1. The molecule has 4 rings (SSSR count). The van der Waals surface area contributed by atoms with Gasteiger partial charge in [0.2, 0.25) is 0 Å². The van der Waals surface area contributed by atoms with E-state index in [1.165, 1.54) is 0 Å². The first-order valence-corrected chi connectivity index (χ1v) is 7.24. The molecule has 4 heteroatoms. The molecule has 112 valence electrons. The molecule has 0 saturated carbocycles. The van der Waals surface area contributed by atoms with Crippen LogP contribution in [0.1, 0.15) is 11.1 Å². The Labute approximate surface area is 130 Å². The van der Waals surface area contributed by atoms with E-state index in [-0.39, 0.29) is 6.42 Å². The van der Waals surface area contributed by atoms with E-state index < -0.39 is 11.3 Å². The summed E-state index contributed by atoms with van der Waals surface area (Å²) >= 11 is 0. The van der Waals surface area contributed by atoms with Crippen molar-refractivity contribution in [1.82, 2.24) is 0 Å². The zero-order chi connectivity index (χ0) is 15.8. The number of rotatable bonds is 2. The number of hydrogen-bond donors (Lipinski definition) is 0. The molecular weight excluding hydrogens is 292 g/mol. The van der Waals surface area contributed by atoms with Gasteiger partial charge in [0.1, 0.15) is 11.2 Å². The molecule has 4 nitrogen and oxygen atoms in total. The van der Waals surface area contributed by atoms with E-state index in [4.69, 9.17) is 8.83 Å². The van der Waals surface area contributed by atoms with Crippen LogP contribution in [0.4, 0.5) is 0 Å². The van der Waals surface area contributed by atoms with Gasteiger partial charge in [-0.25, -0.2) is 9.59 Å². The fourth-order valence-corrected chi connectivity index (χ4v) is 2.66. The Morgan fingerprint density at radius 2 is 1.09 bits per heavy atom. The summed E-state index contributed by atoms with van der Waals surface area (Å²) in [6, 6.07) is 18.1. The largest absolute Gasteiger partial charge is 0.423 e. The summed E-state index contributed by atoms with van der Waals surface area (Å²) in [5.74, 6) is 0. The Balaban J connectivity index is 1.84. The molecule has 2 aromatic carbocycles. The quantitative estimate of drug-likeness (QED) is 0.532. The number of benzene rings is 2. The highest BCUT2D eigenvalue weighted by Gasteiger charge is 2.10. The van der Waals surface area contributed by atoms with Gasteiger partial charge < -0.3 is 8.83 Å².